The molecule has 1 aromatic rings. The molecule has 1 fully saturated rings. The molecule has 1 aromatic carbocycles. The van der Waals surface area contributed by atoms with Crippen LogP contribution in [0.3, 0.4) is 0 Å². The van der Waals surface area contributed by atoms with Crippen molar-refractivity contribution in [2.75, 3.05) is 32.8 Å². The molecule has 0 bridgehead atoms. The number of likely N-dealkylation sites (tertiary alicyclic amines) is 1. The SMILES string of the molecule is CCOC(=O)N1CCC(C(=O)NCCOc2ccccc2)CC1. The lowest BCUT2D eigenvalue weighted by Crippen LogP contribution is -2.43. The van der Waals surface area contributed by atoms with Gasteiger partial charge in [-0.05, 0) is 31.9 Å². The minimum absolute atomic E-state index is 0.0326. The number of nitrogens with one attached hydrogen (secondary N) is 1. The van der Waals surface area contributed by atoms with Gasteiger partial charge in [0.05, 0.1) is 13.2 Å². The Hall–Kier alpha value is -2.24. The van der Waals surface area contributed by atoms with Crippen molar-refractivity contribution in [3.63, 3.8) is 0 Å². The fourth-order valence-corrected chi connectivity index (χ4v) is 2.54. The molecule has 23 heavy (non-hydrogen) atoms. The van der Waals surface area contributed by atoms with E-state index in [1.165, 1.54) is 0 Å². The van der Waals surface area contributed by atoms with Crippen molar-refractivity contribution in [2.45, 2.75) is 19.8 Å². The number of nitrogens with zero attached hydrogens (tertiary/aromatic N) is 1. The van der Waals surface area contributed by atoms with Crippen molar-refractivity contribution >= 4 is 12.0 Å². The highest BCUT2D eigenvalue weighted by molar-refractivity contribution is 5.79. The second-order valence-electron chi connectivity index (χ2n) is 5.41. The van der Waals surface area contributed by atoms with Gasteiger partial charge in [-0.3, -0.25) is 4.79 Å². The van der Waals surface area contributed by atoms with Gasteiger partial charge in [-0.25, -0.2) is 4.79 Å². The Morgan fingerprint density at radius 1 is 1.22 bits per heavy atom. The van der Waals surface area contributed by atoms with E-state index in [0.29, 0.717) is 45.7 Å². The number of hydrogen-bond acceptors (Lipinski definition) is 4. The first-order valence-corrected chi connectivity index (χ1v) is 8.08. The smallest absolute Gasteiger partial charge is 0.409 e. The number of carbonyl (C=O) groups is 2. The van der Waals surface area contributed by atoms with Crippen LogP contribution < -0.4 is 10.1 Å². The molecule has 0 unspecified atom stereocenters. The first-order chi connectivity index (χ1) is 11.2. The first kappa shape index (κ1) is 17.1. The minimum atomic E-state index is -0.289. The lowest BCUT2D eigenvalue weighted by Gasteiger charge is -2.30. The molecule has 0 atom stereocenters. The summed E-state index contributed by atoms with van der Waals surface area (Å²) in [6.45, 7) is 4.22. The van der Waals surface area contributed by atoms with Crippen LogP contribution in [-0.2, 0) is 9.53 Å². The average molecular weight is 320 g/mol. The highest BCUT2D eigenvalue weighted by Crippen LogP contribution is 2.18. The van der Waals surface area contributed by atoms with E-state index in [1.807, 2.05) is 30.3 Å². The molecule has 6 heteroatoms. The maximum Gasteiger partial charge on any atom is 0.409 e. The van der Waals surface area contributed by atoms with E-state index >= 15 is 0 Å². The van der Waals surface area contributed by atoms with Crippen LogP contribution in [0.4, 0.5) is 4.79 Å². The lowest BCUT2D eigenvalue weighted by molar-refractivity contribution is -0.126. The Balaban J connectivity index is 1.62. The second-order valence-corrected chi connectivity index (χ2v) is 5.41. The van der Waals surface area contributed by atoms with Crippen LogP contribution in [0.25, 0.3) is 0 Å². The summed E-state index contributed by atoms with van der Waals surface area (Å²) < 4.78 is 10.5. The summed E-state index contributed by atoms with van der Waals surface area (Å²) in [5, 5.41) is 2.89. The zero-order valence-corrected chi connectivity index (χ0v) is 13.5. The molecule has 0 spiro atoms. The van der Waals surface area contributed by atoms with Gasteiger partial charge in [0.1, 0.15) is 12.4 Å². The largest absolute Gasteiger partial charge is 0.492 e. The van der Waals surface area contributed by atoms with Crippen molar-refractivity contribution in [3.05, 3.63) is 30.3 Å². The van der Waals surface area contributed by atoms with Gasteiger partial charge in [0.25, 0.3) is 0 Å². The van der Waals surface area contributed by atoms with Gasteiger partial charge in [0.15, 0.2) is 0 Å². The van der Waals surface area contributed by atoms with E-state index in [2.05, 4.69) is 5.32 Å². The average Bonchev–Trinajstić information content (AvgIpc) is 2.60. The van der Waals surface area contributed by atoms with Gasteiger partial charge in [-0.1, -0.05) is 18.2 Å². The number of rotatable bonds is 6. The molecule has 1 aliphatic rings. The Labute approximate surface area is 136 Å². The van der Waals surface area contributed by atoms with Crippen molar-refractivity contribution in [2.24, 2.45) is 5.92 Å². The zero-order chi connectivity index (χ0) is 16.5. The van der Waals surface area contributed by atoms with Crippen molar-refractivity contribution in [1.29, 1.82) is 0 Å². The Morgan fingerprint density at radius 3 is 2.57 bits per heavy atom. The van der Waals surface area contributed by atoms with Gasteiger partial charge >= 0.3 is 6.09 Å². The fourth-order valence-electron chi connectivity index (χ4n) is 2.54. The van der Waals surface area contributed by atoms with Crippen molar-refractivity contribution < 1.29 is 19.1 Å². The van der Waals surface area contributed by atoms with E-state index < -0.39 is 0 Å². The number of ether oxygens (including phenoxy) is 2. The van der Waals surface area contributed by atoms with E-state index in [-0.39, 0.29) is 17.9 Å². The number of hydrogen-bond donors (Lipinski definition) is 1. The predicted octanol–water partition coefficient (Wildman–Crippen LogP) is 2.05. The monoisotopic (exact) mass is 320 g/mol. The first-order valence-electron chi connectivity index (χ1n) is 8.08. The number of amides is 2. The number of para-hydroxylation sites is 1. The summed E-state index contributed by atoms with van der Waals surface area (Å²) >= 11 is 0. The molecular weight excluding hydrogens is 296 g/mol. The van der Waals surface area contributed by atoms with Gasteiger partial charge < -0.3 is 19.7 Å². The van der Waals surface area contributed by atoms with Crippen LogP contribution in [0.15, 0.2) is 30.3 Å². The second kappa shape index (κ2) is 9.02. The van der Waals surface area contributed by atoms with Crippen molar-refractivity contribution in [3.8, 4) is 5.75 Å². The number of piperidine rings is 1. The number of benzene rings is 1. The molecule has 6 nitrogen and oxygen atoms in total. The zero-order valence-electron chi connectivity index (χ0n) is 13.5. The molecule has 2 rings (SSSR count). The van der Waals surface area contributed by atoms with Crippen LogP contribution in [0, 0.1) is 5.92 Å². The molecule has 1 heterocycles. The summed E-state index contributed by atoms with van der Waals surface area (Å²) in [6.07, 6.45) is 1.05. The van der Waals surface area contributed by atoms with Gasteiger partial charge in [0.2, 0.25) is 5.91 Å². The van der Waals surface area contributed by atoms with Gasteiger partial charge in [-0.15, -0.1) is 0 Å². The van der Waals surface area contributed by atoms with Crippen LogP contribution >= 0.6 is 0 Å². The lowest BCUT2D eigenvalue weighted by atomic mass is 9.96. The van der Waals surface area contributed by atoms with E-state index in [4.69, 9.17) is 9.47 Å². The maximum atomic E-state index is 12.1. The molecule has 1 aliphatic heterocycles. The van der Waals surface area contributed by atoms with Crippen LogP contribution in [-0.4, -0.2) is 49.7 Å². The molecule has 2 amide bonds. The maximum absolute atomic E-state index is 12.1. The van der Waals surface area contributed by atoms with E-state index in [9.17, 15) is 9.59 Å². The molecule has 1 saturated heterocycles. The quantitative estimate of drug-likeness (QED) is 0.815. The van der Waals surface area contributed by atoms with E-state index in [1.54, 1.807) is 11.8 Å². The minimum Gasteiger partial charge on any atom is -0.492 e. The third kappa shape index (κ3) is 5.47. The Morgan fingerprint density at radius 2 is 1.91 bits per heavy atom. The van der Waals surface area contributed by atoms with Gasteiger partial charge in [0, 0.05) is 19.0 Å². The third-order valence-electron chi connectivity index (χ3n) is 3.80. The molecule has 126 valence electrons. The topological polar surface area (TPSA) is 67.9 Å². The molecule has 0 radical (unpaired) electrons. The standard InChI is InChI=1S/C17H24N2O4/c1-2-22-17(21)19-11-8-14(9-12-19)16(20)18-10-13-23-15-6-4-3-5-7-15/h3-7,14H,2,8-13H2,1H3,(H,18,20). The highest BCUT2D eigenvalue weighted by Gasteiger charge is 2.27. The highest BCUT2D eigenvalue weighted by atomic mass is 16.6. The normalized spacial score (nSPS) is 15.1. The van der Waals surface area contributed by atoms with Crippen LogP contribution in [0.5, 0.6) is 5.75 Å². The molecule has 0 saturated carbocycles. The molecule has 0 aliphatic carbocycles. The number of carbonyl (C=O) groups excluding carboxylic acids is 2. The van der Waals surface area contributed by atoms with Gasteiger partial charge in [-0.2, -0.15) is 0 Å². The molecule has 0 aromatic heterocycles. The molecular formula is C17H24N2O4. The summed E-state index contributed by atoms with van der Waals surface area (Å²) in [7, 11) is 0. The molecule has 1 N–H and O–H groups in total. The fraction of sp³-hybridized carbons (Fsp3) is 0.529. The summed E-state index contributed by atoms with van der Waals surface area (Å²) in [5.41, 5.74) is 0. The van der Waals surface area contributed by atoms with Crippen molar-refractivity contribution in [1.82, 2.24) is 10.2 Å². The Kier molecular flexibility index (Phi) is 6.72. The van der Waals surface area contributed by atoms with Crippen LogP contribution in [0.2, 0.25) is 0 Å². The Bertz CT molecular complexity index is 499. The predicted molar refractivity (Wildman–Crippen MR) is 86.3 cm³/mol. The third-order valence-corrected chi connectivity index (χ3v) is 3.80. The summed E-state index contributed by atoms with van der Waals surface area (Å²) in [4.78, 5) is 25.4. The van der Waals surface area contributed by atoms with E-state index in [0.717, 1.165) is 5.75 Å². The summed E-state index contributed by atoms with van der Waals surface area (Å²) in [5.74, 6) is 0.784. The van der Waals surface area contributed by atoms with Crippen LogP contribution in [0.1, 0.15) is 19.8 Å². The summed E-state index contributed by atoms with van der Waals surface area (Å²) in [6, 6.07) is 9.51.